The van der Waals surface area contributed by atoms with Crippen LogP contribution in [0.3, 0.4) is 0 Å². The summed E-state index contributed by atoms with van der Waals surface area (Å²) in [4.78, 5) is 0. The summed E-state index contributed by atoms with van der Waals surface area (Å²) in [5, 5.41) is 0.409. The molecule has 23 heavy (non-hydrogen) atoms. The van der Waals surface area contributed by atoms with Crippen LogP contribution in [0.2, 0.25) is 0 Å². The van der Waals surface area contributed by atoms with Crippen molar-refractivity contribution in [3.05, 3.63) is 94.7 Å². The molecule has 2 heteroatoms. The fraction of sp³-hybridized carbons (Fsp3) is 0.0476. The van der Waals surface area contributed by atoms with Gasteiger partial charge in [0, 0.05) is 5.57 Å². The van der Waals surface area contributed by atoms with E-state index in [4.69, 9.17) is 16.3 Å². The fourth-order valence-corrected chi connectivity index (χ4v) is 3.28. The lowest BCUT2D eigenvalue weighted by molar-refractivity contribution is 0.465. The van der Waals surface area contributed by atoms with Crippen molar-refractivity contribution >= 4 is 17.2 Å². The van der Waals surface area contributed by atoms with Gasteiger partial charge in [0.05, 0.1) is 0 Å². The van der Waals surface area contributed by atoms with Gasteiger partial charge in [-0.05, 0) is 52.9 Å². The van der Waals surface area contributed by atoms with Crippen molar-refractivity contribution in [1.29, 1.82) is 0 Å². The van der Waals surface area contributed by atoms with Crippen molar-refractivity contribution in [1.82, 2.24) is 0 Å². The zero-order valence-corrected chi connectivity index (χ0v) is 13.5. The number of benzene rings is 3. The summed E-state index contributed by atoms with van der Waals surface area (Å²) >= 11 is 6.57. The fourth-order valence-electron chi connectivity index (χ4n) is 2.99. The largest absolute Gasteiger partial charge is 0.445 e. The molecule has 0 heterocycles. The molecule has 0 bridgehead atoms. The van der Waals surface area contributed by atoms with Gasteiger partial charge in [0.1, 0.15) is 5.75 Å². The van der Waals surface area contributed by atoms with Crippen LogP contribution < -0.4 is 4.74 Å². The molecule has 0 aromatic heterocycles. The van der Waals surface area contributed by atoms with Gasteiger partial charge in [0.25, 0.3) is 0 Å². The molecule has 0 spiro atoms. The normalized spacial score (nSPS) is 11.8. The minimum Gasteiger partial charge on any atom is -0.445 e. The molecule has 1 aliphatic carbocycles. The number of fused-ring (bicyclic) bond motifs is 3. The molecule has 1 nitrogen and oxygen atoms in total. The van der Waals surface area contributed by atoms with Crippen LogP contribution in [0.1, 0.15) is 16.7 Å². The van der Waals surface area contributed by atoms with Crippen LogP contribution in [0.4, 0.5) is 0 Å². The van der Waals surface area contributed by atoms with Crippen LogP contribution in [-0.4, -0.2) is 0 Å². The highest BCUT2D eigenvalue weighted by atomic mass is 35.5. The Bertz CT molecular complexity index is 860. The molecule has 1 aliphatic rings. The highest BCUT2D eigenvalue weighted by Gasteiger charge is 2.26. The first-order valence-corrected chi connectivity index (χ1v) is 7.95. The quantitative estimate of drug-likeness (QED) is 0.411. The van der Waals surface area contributed by atoms with Crippen molar-refractivity contribution in [3.8, 4) is 16.9 Å². The lowest BCUT2D eigenvalue weighted by Gasteiger charge is -2.09. The predicted octanol–water partition coefficient (Wildman–Crippen LogP) is 6.01. The summed E-state index contributed by atoms with van der Waals surface area (Å²) < 4.78 is 5.91. The molecule has 0 N–H and O–H groups in total. The monoisotopic (exact) mass is 318 g/mol. The van der Waals surface area contributed by atoms with Crippen LogP contribution >= 0.6 is 11.6 Å². The number of aryl methyl sites for hydroxylation is 1. The molecule has 3 aromatic carbocycles. The number of rotatable bonds is 2. The van der Waals surface area contributed by atoms with E-state index in [9.17, 15) is 0 Å². The highest BCUT2D eigenvalue weighted by molar-refractivity contribution is 6.33. The summed E-state index contributed by atoms with van der Waals surface area (Å²) in [5.74, 6) is 0.745. The van der Waals surface area contributed by atoms with E-state index in [1.165, 1.54) is 16.7 Å². The second kappa shape index (κ2) is 5.60. The third-order valence-electron chi connectivity index (χ3n) is 4.11. The van der Waals surface area contributed by atoms with E-state index in [-0.39, 0.29) is 0 Å². The minimum atomic E-state index is 0.409. The van der Waals surface area contributed by atoms with Crippen LogP contribution in [0.5, 0.6) is 5.75 Å². The van der Waals surface area contributed by atoms with E-state index in [0.29, 0.717) is 5.22 Å². The summed E-state index contributed by atoms with van der Waals surface area (Å²) in [7, 11) is 0. The van der Waals surface area contributed by atoms with Crippen molar-refractivity contribution in [2.24, 2.45) is 0 Å². The lowest BCUT2D eigenvalue weighted by Crippen LogP contribution is -1.94. The third kappa shape index (κ3) is 2.43. The van der Waals surface area contributed by atoms with Crippen LogP contribution in [0.25, 0.3) is 16.7 Å². The molecule has 0 fully saturated rings. The Hall–Kier alpha value is -2.51. The second-order valence-corrected chi connectivity index (χ2v) is 6.00. The molecule has 4 rings (SSSR count). The van der Waals surface area contributed by atoms with Crippen molar-refractivity contribution in [3.63, 3.8) is 0 Å². The SMILES string of the molecule is Cc1ccc(OC(Cl)=C2c3ccccc3-c3ccccc32)cc1. The van der Waals surface area contributed by atoms with E-state index in [0.717, 1.165) is 22.4 Å². The van der Waals surface area contributed by atoms with Crippen LogP contribution in [-0.2, 0) is 0 Å². The molecule has 0 unspecified atom stereocenters. The van der Waals surface area contributed by atoms with Crippen LogP contribution in [0, 0.1) is 6.92 Å². The average molecular weight is 319 g/mol. The molecule has 0 atom stereocenters. The standard InChI is InChI=1S/C21H15ClO/c1-14-10-12-15(13-11-14)23-21(22)20-18-8-4-2-6-16(18)17-7-3-5-9-19(17)20/h2-13H,1H3. The van der Waals surface area contributed by atoms with E-state index in [1.54, 1.807) is 0 Å². The summed E-state index contributed by atoms with van der Waals surface area (Å²) in [6, 6.07) is 24.5. The Morgan fingerprint density at radius 3 is 1.70 bits per heavy atom. The number of hydrogen-bond acceptors (Lipinski definition) is 1. The lowest BCUT2D eigenvalue weighted by atomic mass is 10.1. The second-order valence-electron chi connectivity index (χ2n) is 5.65. The topological polar surface area (TPSA) is 9.23 Å². The first kappa shape index (κ1) is 14.1. The smallest absolute Gasteiger partial charge is 0.202 e. The number of halogens is 1. The van der Waals surface area contributed by atoms with Gasteiger partial charge in [-0.15, -0.1) is 0 Å². The molecule has 0 amide bonds. The van der Waals surface area contributed by atoms with Crippen molar-refractivity contribution in [2.45, 2.75) is 6.92 Å². The number of hydrogen-bond donors (Lipinski definition) is 0. The third-order valence-corrected chi connectivity index (χ3v) is 4.37. The Balaban J connectivity index is 1.85. The van der Waals surface area contributed by atoms with E-state index in [2.05, 4.69) is 24.3 Å². The van der Waals surface area contributed by atoms with Crippen LogP contribution in [0.15, 0.2) is 78.0 Å². The predicted molar refractivity (Wildman–Crippen MR) is 95.6 cm³/mol. The Labute approximate surface area is 140 Å². The molecule has 3 aromatic rings. The summed E-state index contributed by atoms with van der Waals surface area (Å²) in [5.41, 5.74) is 6.78. The Morgan fingerprint density at radius 1 is 0.696 bits per heavy atom. The summed E-state index contributed by atoms with van der Waals surface area (Å²) in [6.45, 7) is 2.05. The van der Waals surface area contributed by atoms with Crippen molar-refractivity contribution in [2.75, 3.05) is 0 Å². The van der Waals surface area contributed by atoms with Gasteiger partial charge in [-0.25, -0.2) is 0 Å². The maximum absolute atomic E-state index is 6.57. The molecule has 112 valence electrons. The van der Waals surface area contributed by atoms with Gasteiger partial charge in [-0.3, -0.25) is 0 Å². The molecule has 0 aliphatic heterocycles. The van der Waals surface area contributed by atoms with Gasteiger partial charge in [0.2, 0.25) is 5.22 Å². The highest BCUT2D eigenvalue weighted by Crippen LogP contribution is 2.46. The van der Waals surface area contributed by atoms with E-state index in [1.807, 2.05) is 55.5 Å². The maximum Gasteiger partial charge on any atom is 0.202 e. The summed E-state index contributed by atoms with van der Waals surface area (Å²) in [6.07, 6.45) is 0. The first-order chi connectivity index (χ1) is 11.2. The van der Waals surface area contributed by atoms with E-state index < -0.39 is 0 Å². The van der Waals surface area contributed by atoms with Gasteiger partial charge in [-0.2, -0.15) is 0 Å². The molecular weight excluding hydrogens is 304 g/mol. The molecule has 0 saturated heterocycles. The van der Waals surface area contributed by atoms with Gasteiger partial charge in [0.15, 0.2) is 0 Å². The zero-order valence-electron chi connectivity index (χ0n) is 12.7. The zero-order chi connectivity index (χ0) is 15.8. The van der Waals surface area contributed by atoms with Gasteiger partial charge in [-0.1, -0.05) is 66.2 Å². The minimum absolute atomic E-state index is 0.409. The van der Waals surface area contributed by atoms with Gasteiger partial charge >= 0.3 is 0 Å². The van der Waals surface area contributed by atoms with E-state index >= 15 is 0 Å². The number of ether oxygens (including phenoxy) is 1. The molecular formula is C21H15ClO. The van der Waals surface area contributed by atoms with Gasteiger partial charge < -0.3 is 4.74 Å². The first-order valence-electron chi connectivity index (χ1n) is 7.57. The average Bonchev–Trinajstić information content (AvgIpc) is 2.91. The maximum atomic E-state index is 6.57. The molecule has 0 radical (unpaired) electrons. The molecule has 0 saturated carbocycles. The Morgan fingerprint density at radius 2 is 1.17 bits per heavy atom. The van der Waals surface area contributed by atoms with Crippen molar-refractivity contribution < 1.29 is 4.74 Å². The Kier molecular flexibility index (Phi) is 3.44.